The van der Waals surface area contributed by atoms with Gasteiger partial charge < -0.3 is 38.3 Å². The molecule has 0 aliphatic heterocycles. The summed E-state index contributed by atoms with van der Waals surface area (Å²) in [5.41, 5.74) is 4.23. The summed E-state index contributed by atoms with van der Waals surface area (Å²) in [6.45, 7) is 8.73. The molecule has 306 valence electrons. The molecule has 0 heterocycles. The molecule has 3 aromatic rings. The fourth-order valence-corrected chi connectivity index (χ4v) is 6.06. The van der Waals surface area contributed by atoms with Gasteiger partial charge >= 0.3 is 5.97 Å². The largest absolute Gasteiger partial charge is 0.494 e. The van der Waals surface area contributed by atoms with Crippen molar-refractivity contribution in [1.29, 1.82) is 0 Å². The molecule has 0 saturated carbocycles. The van der Waals surface area contributed by atoms with Gasteiger partial charge in [0.05, 0.1) is 59.5 Å². The van der Waals surface area contributed by atoms with Gasteiger partial charge in [-0.05, 0) is 59.9 Å². The second-order valence-electron chi connectivity index (χ2n) is 13.8. The smallest absolute Gasteiger partial charge is 0.329 e. The lowest BCUT2D eigenvalue weighted by Gasteiger charge is -2.15. The SMILES string of the molecule is CCCCCCCCCOc1ccc(-c2ccc(-c3ccc(OCCCCCCCCC)cc3)c(OCCOCCOCCOCCOCC(=O)O)c2)cc1. The van der Waals surface area contributed by atoms with Crippen molar-refractivity contribution < 1.29 is 43.1 Å². The number of hydrogen-bond acceptors (Lipinski definition) is 8. The van der Waals surface area contributed by atoms with Crippen molar-refractivity contribution in [2.45, 2.75) is 104 Å². The van der Waals surface area contributed by atoms with Crippen molar-refractivity contribution in [3.05, 3.63) is 66.7 Å². The van der Waals surface area contributed by atoms with Crippen LogP contribution in [0.3, 0.4) is 0 Å². The highest BCUT2D eigenvalue weighted by atomic mass is 16.6. The molecule has 1 N–H and O–H groups in total. The Bertz CT molecular complexity index is 1380. The van der Waals surface area contributed by atoms with Crippen molar-refractivity contribution in [1.82, 2.24) is 0 Å². The quantitative estimate of drug-likeness (QED) is 0.0586. The first-order valence-corrected chi connectivity index (χ1v) is 20.9. The van der Waals surface area contributed by atoms with Gasteiger partial charge in [0, 0.05) is 5.56 Å². The standard InChI is InChI=1S/C46H68O9/c1-3-5-7-9-11-13-15-27-53-42-22-17-39(18-23-42)41-21-26-44(40-19-24-43(25-20-40)54-28-16-14-12-10-8-6-4-2)45(37-41)55-36-35-51-32-31-49-29-30-50-33-34-52-38-46(47)48/h17-26,37H,3-16,27-36,38H2,1-2H3,(H,47,48). The van der Waals surface area contributed by atoms with Crippen LogP contribution in [-0.4, -0.2) is 83.8 Å². The number of benzene rings is 3. The molecule has 55 heavy (non-hydrogen) atoms. The minimum Gasteiger partial charge on any atom is -0.494 e. The minimum absolute atomic E-state index is 0.236. The molecule has 0 fully saturated rings. The summed E-state index contributed by atoms with van der Waals surface area (Å²) in [7, 11) is 0. The molecule has 3 rings (SSSR count). The number of carbonyl (C=O) groups is 1. The van der Waals surface area contributed by atoms with Gasteiger partial charge in [-0.25, -0.2) is 4.79 Å². The van der Waals surface area contributed by atoms with Crippen LogP contribution in [0.5, 0.6) is 17.2 Å². The highest BCUT2D eigenvalue weighted by Gasteiger charge is 2.11. The Labute approximate surface area is 331 Å². The maximum atomic E-state index is 10.4. The fraction of sp³-hybridized carbons (Fsp3) is 0.587. The number of aliphatic carboxylic acids is 1. The Morgan fingerprint density at radius 3 is 1.35 bits per heavy atom. The van der Waals surface area contributed by atoms with Gasteiger partial charge in [-0.15, -0.1) is 0 Å². The Morgan fingerprint density at radius 2 is 0.855 bits per heavy atom. The molecule has 0 amide bonds. The van der Waals surface area contributed by atoms with E-state index in [0.29, 0.717) is 46.2 Å². The van der Waals surface area contributed by atoms with Crippen LogP contribution in [0.15, 0.2) is 66.7 Å². The Hall–Kier alpha value is -3.63. The topological polar surface area (TPSA) is 102 Å². The van der Waals surface area contributed by atoms with Crippen LogP contribution in [0.4, 0.5) is 0 Å². The molecular weight excluding hydrogens is 696 g/mol. The molecule has 0 bridgehead atoms. The Balaban J connectivity index is 1.50. The monoisotopic (exact) mass is 764 g/mol. The van der Waals surface area contributed by atoms with Crippen molar-refractivity contribution in [2.24, 2.45) is 0 Å². The first-order chi connectivity index (χ1) is 27.1. The number of ether oxygens (including phenoxy) is 7. The number of hydrogen-bond donors (Lipinski definition) is 1. The molecule has 0 spiro atoms. The molecule has 0 radical (unpaired) electrons. The summed E-state index contributed by atoms with van der Waals surface area (Å²) in [5.74, 6) is 1.58. The van der Waals surface area contributed by atoms with Crippen molar-refractivity contribution in [3.63, 3.8) is 0 Å². The third-order valence-corrected chi connectivity index (χ3v) is 9.19. The molecule has 0 unspecified atom stereocenters. The van der Waals surface area contributed by atoms with E-state index in [0.717, 1.165) is 65.6 Å². The van der Waals surface area contributed by atoms with Crippen molar-refractivity contribution >= 4 is 5.97 Å². The van der Waals surface area contributed by atoms with Crippen molar-refractivity contribution in [2.75, 3.05) is 72.7 Å². The molecule has 3 aromatic carbocycles. The van der Waals surface area contributed by atoms with Gasteiger partial charge in [0.2, 0.25) is 0 Å². The van der Waals surface area contributed by atoms with Gasteiger partial charge in [-0.1, -0.05) is 127 Å². The first kappa shape index (κ1) is 45.8. The Kier molecular flexibility index (Phi) is 25.4. The van der Waals surface area contributed by atoms with E-state index < -0.39 is 5.97 Å². The highest BCUT2D eigenvalue weighted by molar-refractivity contribution is 5.77. The van der Waals surface area contributed by atoms with E-state index >= 15 is 0 Å². The van der Waals surface area contributed by atoms with Gasteiger partial charge in [0.25, 0.3) is 0 Å². The van der Waals surface area contributed by atoms with Crippen LogP contribution in [0.2, 0.25) is 0 Å². The van der Waals surface area contributed by atoms with Crippen LogP contribution >= 0.6 is 0 Å². The molecule has 0 aliphatic rings. The van der Waals surface area contributed by atoms with E-state index in [9.17, 15) is 4.79 Å². The predicted molar refractivity (Wildman–Crippen MR) is 221 cm³/mol. The zero-order valence-electron chi connectivity index (χ0n) is 33.7. The number of rotatable bonds is 35. The second kappa shape index (κ2) is 30.6. The normalized spacial score (nSPS) is 11.2. The van der Waals surface area contributed by atoms with E-state index in [4.69, 9.17) is 38.3 Å². The van der Waals surface area contributed by atoms with E-state index in [1.165, 1.54) is 77.0 Å². The van der Waals surface area contributed by atoms with Crippen molar-refractivity contribution in [3.8, 4) is 39.5 Å². The molecule has 0 aliphatic carbocycles. The highest BCUT2D eigenvalue weighted by Crippen LogP contribution is 2.35. The van der Waals surface area contributed by atoms with Crippen LogP contribution in [-0.2, 0) is 23.7 Å². The maximum Gasteiger partial charge on any atom is 0.329 e. The average Bonchev–Trinajstić information content (AvgIpc) is 3.20. The summed E-state index contributed by atoms with van der Waals surface area (Å²) in [5, 5.41) is 8.57. The summed E-state index contributed by atoms with van der Waals surface area (Å²) >= 11 is 0. The van der Waals surface area contributed by atoms with E-state index in [-0.39, 0.29) is 13.2 Å². The number of carboxylic acid groups (broad SMARTS) is 1. The van der Waals surface area contributed by atoms with E-state index in [1.54, 1.807) is 0 Å². The summed E-state index contributed by atoms with van der Waals surface area (Å²) in [4.78, 5) is 10.4. The van der Waals surface area contributed by atoms with Crippen LogP contribution in [0.25, 0.3) is 22.3 Å². The maximum absolute atomic E-state index is 10.4. The molecule has 0 aromatic heterocycles. The number of carboxylic acids is 1. The average molecular weight is 765 g/mol. The van der Waals surface area contributed by atoms with Gasteiger partial charge in [-0.3, -0.25) is 0 Å². The van der Waals surface area contributed by atoms with E-state index in [1.807, 2.05) is 12.1 Å². The Morgan fingerprint density at radius 1 is 0.436 bits per heavy atom. The third-order valence-electron chi connectivity index (χ3n) is 9.19. The van der Waals surface area contributed by atoms with Gasteiger partial charge in [0.1, 0.15) is 30.5 Å². The fourth-order valence-electron chi connectivity index (χ4n) is 6.06. The van der Waals surface area contributed by atoms with Crippen LogP contribution in [0.1, 0.15) is 104 Å². The lowest BCUT2D eigenvalue weighted by atomic mass is 9.99. The molecule has 9 nitrogen and oxygen atoms in total. The zero-order valence-corrected chi connectivity index (χ0v) is 33.7. The van der Waals surface area contributed by atoms with E-state index in [2.05, 4.69) is 68.4 Å². The van der Waals surface area contributed by atoms with Crippen LogP contribution in [0, 0.1) is 0 Å². The van der Waals surface area contributed by atoms with Gasteiger partial charge in [0.15, 0.2) is 0 Å². The third kappa shape index (κ3) is 21.3. The molecule has 9 heteroatoms. The lowest BCUT2D eigenvalue weighted by Crippen LogP contribution is -2.15. The van der Waals surface area contributed by atoms with Crippen LogP contribution < -0.4 is 14.2 Å². The summed E-state index contributed by atoms with van der Waals surface area (Å²) < 4.78 is 40.1. The molecular formula is C46H68O9. The predicted octanol–water partition coefficient (Wildman–Crippen LogP) is 10.8. The lowest BCUT2D eigenvalue weighted by molar-refractivity contribution is -0.142. The molecule has 0 saturated heterocycles. The zero-order chi connectivity index (χ0) is 39.0. The minimum atomic E-state index is -0.992. The number of unbranched alkanes of at least 4 members (excludes halogenated alkanes) is 12. The van der Waals surface area contributed by atoms with Gasteiger partial charge in [-0.2, -0.15) is 0 Å². The summed E-state index contributed by atoms with van der Waals surface area (Å²) in [6.07, 6.45) is 17.7. The summed E-state index contributed by atoms with van der Waals surface area (Å²) in [6, 6.07) is 23.0. The first-order valence-electron chi connectivity index (χ1n) is 20.9. The second-order valence-corrected chi connectivity index (χ2v) is 13.8. The molecule has 0 atom stereocenters.